The van der Waals surface area contributed by atoms with E-state index < -0.39 is 6.00 Å². The average molecular weight is 254 g/mol. The zero-order valence-corrected chi connectivity index (χ0v) is 10.6. The van der Waals surface area contributed by atoms with Crippen LogP contribution in [0, 0.1) is 0 Å². The van der Waals surface area contributed by atoms with Gasteiger partial charge in [0.15, 0.2) is 0 Å². The SMILES string of the molecule is CCCc1ccccc1[Si](Cl)(Cl)Cl. The van der Waals surface area contributed by atoms with E-state index in [0.29, 0.717) is 0 Å². The Kier molecular flexibility index (Phi) is 4.11. The highest BCUT2D eigenvalue weighted by atomic mass is 35.8. The van der Waals surface area contributed by atoms with Gasteiger partial charge in [-0.2, -0.15) is 0 Å². The molecule has 1 rings (SSSR count). The maximum atomic E-state index is 5.97. The topological polar surface area (TPSA) is 0 Å². The second kappa shape index (κ2) is 4.69. The van der Waals surface area contributed by atoms with Gasteiger partial charge in [-0.05, 0) is 17.2 Å². The number of hydrogen-bond acceptors (Lipinski definition) is 0. The van der Waals surface area contributed by atoms with E-state index in [1.54, 1.807) is 0 Å². The average Bonchev–Trinajstić information content (AvgIpc) is 2.04. The van der Waals surface area contributed by atoms with Crippen LogP contribution in [-0.4, -0.2) is 6.00 Å². The van der Waals surface area contributed by atoms with Crippen molar-refractivity contribution in [3.63, 3.8) is 0 Å². The fourth-order valence-corrected chi connectivity index (χ4v) is 3.80. The van der Waals surface area contributed by atoms with Gasteiger partial charge in [0.2, 0.25) is 0 Å². The van der Waals surface area contributed by atoms with Crippen molar-refractivity contribution in [2.24, 2.45) is 0 Å². The highest BCUT2D eigenvalue weighted by molar-refractivity contribution is 7.69. The minimum atomic E-state index is -2.70. The molecular formula is C9H11Cl3Si. The molecule has 4 heteroatoms. The molecule has 1 aromatic carbocycles. The zero-order valence-electron chi connectivity index (χ0n) is 7.36. The predicted molar refractivity (Wildman–Crippen MR) is 63.4 cm³/mol. The summed E-state index contributed by atoms with van der Waals surface area (Å²) in [4.78, 5) is 0. The highest BCUT2D eigenvalue weighted by Crippen LogP contribution is 2.21. The Morgan fingerprint density at radius 1 is 1.15 bits per heavy atom. The molecule has 0 aliphatic rings. The Hall–Kier alpha value is 0.307. The van der Waals surface area contributed by atoms with Crippen molar-refractivity contribution in [3.05, 3.63) is 29.8 Å². The van der Waals surface area contributed by atoms with E-state index in [1.165, 1.54) is 5.56 Å². The van der Waals surface area contributed by atoms with Crippen LogP contribution in [0.3, 0.4) is 0 Å². The highest BCUT2D eigenvalue weighted by Gasteiger charge is 2.29. The van der Waals surface area contributed by atoms with Crippen LogP contribution in [0.25, 0.3) is 0 Å². The molecule has 0 bridgehead atoms. The summed E-state index contributed by atoms with van der Waals surface area (Å²) in [6.07, 6.45) is 2.06. The third-order valence-electron chi connectivity index (χ3n) is 1.84. The molecule has 0 amide bonds. The second-order valence-corrected chi connectivity index (χ2v) is 11.3. The van der Waals surface area contributed by atoms with Gasteiger partial charge in [-0.25, -0.2) is 0 Å². The third-order valence-corrected chi connectivity index (χ3v) is 4.77. The third kappa shape index (κ3) is 3.17. The van der Waals surface area contributed by atoms with Gasteiger partial charge in [0.1, 0.15) is 0 Å². The lowest BCUT2D eigenvalue weighted by Gasteiger charge is -2.13. The monoisotopic (exact) mass is 252 g/mol. The van der Waals surface area contributed by atoms with Gasteiger partial charge < -0.3 is 0 Å². The lowest BCUT2D eigenvalue weighted by atomic mass is 10.1. The van der Waals surface area contributed by atoms with Crippen LogP contribution in [0.4, 0.5) is 0 Å². The normalized spacial score (nSPS) is 11.7. The van der Waals surface area contributed by atoms with Gasteiger partial charge in [0.05, 0.1) is 0 Å². The van der Waals surface area contributed by atoms with Crippen LogP contribution < -0.4 is 5.19 Å². The van der Waals surface area contributed by atoms with Crippen LogP contribution in [0.15, 0.2) is 24.3 Å². The minimum Gasteiger partial charge on any atom is -0.121 e. The van der Waals surface area contributed by atoms with Crippen molar-refractivity contribution in [1.82, 2.24) is 0 Å². The number of benzene rings is 1. The first kappa shape index (κ1) is 11.4. The van der Waals surface area contributed by atoms with Crippen molar-refractivity contribution >= 4 is 44.4 Å². The lowest BCUT2D eigenvalue weighted by molar-refractivity contribution is 0.927. The smallest absolute Gasteiger partial charge is 0.121 e. The van der Waals surface area contributed by atoms with Crippen molar-refractivity contribution < 1.29 is 0 Å². The van der Waals surface area contributed by atoms with Crippen molar-refractivity contribution in [2.75, 3.05) is 0 Å². The summed E-state index contributed by atoms with van der Waals surface area (Å²) in [5.41, 5.74) is 1.18. The molecule has 0 unspecified atom stereocenters. The van der Waals surface area contributed by atoms with Crippen LogP contribution in [-0.2, 0) is 6.42 Å². The molecule has 1 aromatic rings. The molecule has 0 aromatic heterocycles. The number of halogens is 3. The van der Waals surface area contributed by atoms with Crippen molar-refractivity contribution in [1.29, 1.82) is 0 Å². The zero-order chi connectivity index (χ0) is 9.90. The molecule has 0 saturated carbocycles. The van der Waals surface area contributed by atoms with E-state index >= 15 is 0 Å². The van der Waals surface area contributed by atoms with Crippen LogP contribution in [0.2, 0.25) is 0 Å². The summed E-state index contributed by atoms with van der Waals surface area (Å²) in [5.74, 6) is 0. The van der Waals surface area contributed by atoms with Crippen molar-refractivity contribution in [3.8, 4) is 0 Å². The molecule has 0 nitrogen and oxygen atoms in total. The first-order chi connectivity index (χ1) is 6.05. The second-order valence-electron chi connectivity index (χ2n) is 2.90. The molecule has 0 N–H and O–H groups in total. The van der Waals surface area contributed by atoms with Gasteiger partial charge in [-0.3, -0.25) is 0 Å². The predicted octanol–water partition coefficient (Wildman–Crippen LogP) is 3.50. The number of rotatable bonds is 3. The summed E-state index contributed by atoms with van der Waals surface area (Å²) in [7, 11) is 0. The van der Waals surface area contributed by atoms with E-state index in [0.717, 1.165) is 18.0 Å². The Balaban J connectivity index is 3.05. The first-order valence-electron chi connectivity index (χ1n) is 4.20. The van der Waals surface area contributed by atoms with E-state index in [4.69, 9.17) is 33.2 Å². The number of aryl methyl sites for hydroxylation is 1. The van der Waals surface area contributed by atoms with Crippen LogP contribution in [0.1, 0.15) is 18.9 Å². The Bertz CT molecular complexity index is 280. The summed E-state index contributed by atoms with van der Waals surface area (Å²) < 4.78 is 0. The molecule has 0 saturated heterocycles. The van der Waals surface area contributed by atoms with E-state index in [2.05, 4.69) is 6.92 Å². The summed E-state index contributed by atoms with van der Waals surface area (Å²) in [6.45, 7) is 2.12. The molecule has 0 spiro atoms. The molecular weight excluding hydrogens is 243 g/mol. The Labute approximate surface area is 93.9 Å². The van der Waals surface area contributed by atoms with Crippen LogP contribution in [0.5, 0.6) is 0 Å². The van der Waals surface area contributed by atoms with Gasteiger partial charge in [-0.1, -0.05) is 37.6 Å². The van der Waals surface area contributed by atoms with Gasteiger partial charge >= 0.3 is 6.00 Å². The quantitative estimate of drug-likeness (QED) is 0.571. The Morgan fingerprint density at radius 3 is 2.31 bits per heavy atom. The summed E-state index contributed by atoms with van der Waals surface area (Å²) in [6, 6.07) is 5.16. The van der Waals surface area contributed by atoms with Crippen LogP contribution >= 0.6 is 33.2 Å². The molecule has 13 heavy (non-hydrogen) atoms. The largest absolute Gasteiger partial charge is 0.373 e. The minimum absolute atomic E-state index is 0.932. The van der Waals surface area contributed by atoms with E-state index in [1.807, 2.05) is 24.3 Å². The molecule has 0 atom stereocenters. The maximum absolute atomic E-state index is 5.97. The molecule has 0 radical (unpaired) electrons. The number of hydrogen-bond donors (Lipinski definition) is 0. The van der Waals surface area contributed by atoms with E-state index in [9.17, 15) is 0 Å². The fourth-order valence-electron chi connectivity index (χ4n) is 1.28. The fraction of sp³-hybridized carbons (Fsp3) is 0.333. The maximum Gasteiger partial charge on any atom is 0.373 e. The lowest BCUT2D eigenvalue weighted by Crippen LogP contribution is -2.33. The Morgan fingerprint density at radius 2 is 1.77 bits per heavy atom. The molecule has 72 valence electrons. The van der Waals surface area contributed by atoms with E-state index in [-0.39, 0.29) is 0 Å². The summed E-state index contributed by atoms with van der Waals surface area (Å²) in [5, 5.41) is 0.932. The summed E-state index contributed by atoms with van der Waals surface area (Å²) >= 11 is 17.9. The van der Waals surface area contributed by atoms with Gasteiger partial charge in [0.25, 0.3) is 0 Å². The molecule has 0 aliphatic heterocycles. The molecule has 0 fully saturated rings. The first-order valence-corrected chi connectivity index (χ1v) is 9.24. The van der Waals surface area contributed by atoms with Gasteiger partial charge in [0, 0.05) is 0 Å². The molecule has 0 aliphatic carbocycles. The van der Waals surface area contributed by atoms with Crippen molar-refractivity contribution in [2.45, 2.75) is 19.8 Å². The van der Waals surface area contributed by atoms with Gasteiger partial charge in [-0.15, -0.1) is 33.2 Å². The standard InChI is InChI=1S/C9H11Cl3Si/c1-2-5-8-6-3-4-7-9(8)13(10,11)12/h3-4,6-7H,2,5H2,1H3. The molecule has 0 heterocycles.